The average Bonchev–Trinajstić information content (AvgIpc) is 2.79. The van der Waals surface area contributed by atoms with E-state index in [1.165, 1.54) is 6.26 Å². The highest BCUT2D eigenvalue weighted by Gasteiger charge is 2.33. The number of benzene rings is 1. The second-order valence-corrected chi connectivity index (χ2v) is 7.79. The molecule has 1 fully saturated rings. The molecule has 1 aromatic rings. The summed E-state index contributed by atoms with van der Waals surface area (Å²) in [5.41, 5.74) is 1.69. The lowest BCUT2D eigenvalue weighted by atomic mass is 9.99. The molecule has 120 valence electrons. The predicted molar refractivity (Wildman–Crippen MR) is 86.6 cm³/mol. The van der Waals surface area contributed by atoms with Gasteiger partial charge in [-0.1, -0.05) is 31.5 Å². The Morgan fingerprint density at radius 3 is 2.73 bits per heavy atom. The third-order valence-corrected chi connectivity index (χ3v) is 4.80. The normalized spacial score (nSPS) is 22.6. The van der Waals surface area contributed by atoms with Crippen molar-refractivity contribution in [3.05, 3.63) is 35.4 Å². The number of sulfonamides is 1. The maximum atomic E-state index is 11.5. The third kappa shape index (κ3) is 4.54. The highest BCUT2D eigenvalue weighted by atomic mass is 32.2. The van der Waals surface area contributed by atoms with E-state index in [-0.39, 0.29) is 6.04 Å². The van der Waals surface area contributed by atoms with E-state index in [0.717, 1.165) is 24.9 Å². The van der Waals surface area contributed by atoms with Crippen molar-refractivity contribution < 1.29 is 8.42 Å². The Kier molecular flexibility index (Phi) is 5.57. The van der Waals surface area contributed by atoms with Gasteiger partial charge in [0.25, 0.3) is 0 Å². The Bertz CT molecular complexity index is 652. The van der Waals surface area contributed by atoms with Crippen LogP contribution in [0.1, 0.15) is 30.9 Å². The molecule has 1 aliphatic heterocycles. The number of hydrogen-bond donors (Lipinski definition) is 1. The number of nitriles is 1. The molecule has 0 amide bonds. The Morgan fingerprint density at radius 1 is 1.36 bits per heavy atom. The van der Waals surface area contributed by atoms with Crippen LogP contribution in [0.15, 0.2) is 24.3 Å². The van der Waals surface area contributed by atoms with Gasteiger partial charge >= 0.3 is 0 Å². The number of rotatable bonds is 6. The average molecular weight is 321 g/mol. The second kappa shape index (κ2) is 7.23. The maximum Gasteiger partial charge on any atom is 0.209 e. The first kappa shape index (κ1) is 16.9. The maximum absolute atomic E-state index is 11.5. The fourth-order valence-corrected chi connectivity index (χ4v) is 3.99. The van der Waals surface area contributed by atoms with Crippen LogP contribution in [-0.4, -0.2) is 38.7 Å². The zero-order valence-electron chi connectivity index (χ0n) is 13.1. The molecular weight excluding hydrogens is 298 g/mol. The lowest BCUT2D eigenvalue weighted by molar-refractivity contribution is 0.312. The van der Waals surface area contributed by atoms with Gasteiger partial charge in [0.1, 0.15) is 0 Å². The van der Waals surface area contributed by atoms with Gasteiger partial charge in [0.15, 0.2) is 0 Å². The molecule has 0 aromatic heterocycles. The first-order chi connectivity index (χ1) is 10.4. The van der Waals surface area contributed by atoms with E-state index in [4.69, 9.17) is 0 Å². The number of nitrogens with zero attached hydrogens (tertiary/aromatic N) is 2. The minimum absolute atomic E-state index is 0.0378. The molecule has 6 heteroatoms. The Hall–Kier alpha value is -1.42. The van der Waals surface area contributed by atoms with Crippen molar-refractivity contribution in [3.8, 4) is 6.07 Å². The molecule has 0 bridgehead atoms. The van der Waals surface area contributed by atoms with E-state index in [9.17, 15) is 13.7 Å². The Balaban J connectivity index is 2.09. The van der Waals surface area contributed by atoms with Gasteiger partial charge in [-0.25, -0.2) is 13.1 Å². The van der Waals surface area contributed by atoms with Crippen molar-refractivity contribution in [2.45, 2.75) is 32.4 Å². The van der Waals surface area contributed by atoms with Crippen LogP contribution in [0.5, 0.6) is 0 Å². The molecular formula is C16H23N3O2S. The van der Waals surface area contributed by atoms with Crippen LogP contribution in [0, 0.1) is 17.2 Å². The van der Waals surface area contributed by atoms with Crippen molar-refractivity contribution in [2.75, 3.05) is 19.3 Å². The minimum Gasteiger partial charge on any atom is -0.297 e. The van der Waals surface area contributed by atoms with Gasteiger partial charge in [-0.3, -0.25) is 4.90 Å². The zero-order valence-corrected chi connectivity index (χ0v) is 13.9. The summed E-state index contributed by atoms with van der Waals surface area (Å²) in [4.78, 5) is 2.24. The SMILES string of the molecule is CCC[C@@H]1CN(Cc2ccccc2C#N)C[C@H]1NS(C)(=O)=O. The molecule has 5 nitrogen and oxygen atoms in total. The molecule has 0 unspecified atom stereocenters. The zero-order chi connectivity index (χ0) is 16.2. The molecule has 1 aliphatic rings. The summed E-state index contributed by atoms with van der Waals surface area (Å²) < 4.78 is 25.8. The van der Waals surface area contributed by atoms with Crippen molar-refractivity contribution in [1.82, 2.24) is 9.62 Å². The molecule has 22 heavy (non-hydrogen) atoms. The van der Waals surface area contributed by atoms with Gasteiger partial charge in [-0.2, -0.15) is 5.26 Å². The van der Waals surface area contributed by atoms with Crippen LogP contribution in [0.4, 0.5) is 0 Å². The predicted octanol–water partition coefficient (Wildman–Crippen LogP) is 1.71. The second-order valence-electron chi connectivity index (χ2n) is 6.01. The van der Waals surface area contributed by atoms with Crippen LogP contribution in [0.2, 0.25) is 0 Å². The van der Waals surface area contributed by atoms with Crippen molar-refractivity contribution in [1.29, 1.82) is 5.26 Å². The van der Waals surface area contributed by atoms with Gasteiger partial charge in [-0.05, 0) is 24.0 Å². The van der Waals surface area contributed by atoms with Crippen molar-refractivity contribution >= 4 is 10.0 Å². The Morgan fingerprint density at radius 2 is 2.09 bits per heavy atom. The number of hydrogen-bond acceptors (Lipinski definition) is 4. The van der Waals surface area contributed by atoms with Crippen LogP contribution in [-0.2, 0) is 16.6 Å². The molecule has 0 aliphatic carbocycles. The summed E-state index contributed by atoms with van der Waals surface area (Å²) in [5, 5.41) is 9.17. The molecule has 1 N–H and O–H groups in total. The number of nitrogens with one attached hydrogen (secondary N) is 1. The fourth-order valence-electron chi connectivity index (χ4n) is 3.17. The van der Waals surface area contributed by atoms with Crippen LogP contribution in [0.3, 0.4) is 0 Å². The van der Waals surface area contributed by atoms with Gasteiger partial charge in [0.2, 0.25) is 10.0 Å². The highest BCUT2D eigenvalue weighted by Crippen LogP contribution is 2.24. The first-order valence-electron chi connectivity index (χ1n) is 7.60. The largest absolute Gasteiger partial charge is 0.297 e. The number of likely N-dealkylation sites (tertiary alicyclic amines) is 1. The quantitative estimate of drug-likeness (QED) is 0.865. The van der Waals surface area contributed by atoms with Crippen LogP contribution < -0.4 is 4.72 Å². The molecule has 2 atom stereocenters. The van der Waals surface area contributed by atoms with E-state index in [2.05, 4.69) is 22.6 Å². The van der Waals surface area contributed by atoms with Gasteiger partial charge in [0.05, 0.1) is 17.9 Å². The highest BCUT2D eigenvalue weighted by molar-refractivity contribution is 7.88. The van der Waals surface area contributed by atoms with E-state index in [1.54, 1.807) is 0 Å². The van der Waals surface area contributed by atoms with E-state index in [1.807, 2.05) is 24.3 Å². The van der Waals surface area contributed by atoms with E-state index >= 15 is 0 Å². The lowest BCUT2D eigenvalue weighted by Crippen LogP contribution is -2.39. The fraction of sp³-hybridized carbons (Fsp3) is 0.562. The third-order valence-electron chi connectivity index (χ3n) is 4.07. The molecule has 0 spiro atoms. The van der Waals surface area contributed by atoms with Crippen molar-refractivity contribution in [3.63, 3.8) is 0 Å². The monoisotopic (exact) mass is 321 g/mol. The molecule has 0 radical (unpaired) electrons. The van der Waals surface area contributed by atoms with E-state index in [0.29, 0.717) is 24.6 Å². The summed E-state index contributed by atoms with van der Waals surface area (Å²) in [6.45, 7) is 4.36. The van der Waals surface area contributed by atoms with Crippen molar-refractivity contribution in [2.24, 2.45) is 5.92 Å². The topological polar surface area (TPSA) is 73.2 Å². The summed E-state index contributed by atoms with van der Waals surface area (Å²) in [6, 6.07) is 9.76. The van der Waals surface area contributed by atoms with Gasteiger partial charge in [-0.15, -0.1) is 0 Å². The summed E-state index contributed by atoms with van der Waals surface area (Å²) >= 11 is 0. The van der Waals surface area contributed by atoms with Crippen LogP contribution in [0.25, 0.3) is 0 Å². The van der Waals surface area contributed by atoms with E-state index < -0.39 is 10.0 Å². The van der Waals surface area contributed by atoms with Gasteiger partial charge < -0.3 is 0 Å². The molecule has 1 saturated heterocycles. The van der Waals surface area contributed by atoms with Crippen LogP contribution >= 0.6 is 0 Å². The molecule has 1 aromatic carbocycles. The standard InChI is InChI=1S/C16H23N3O2S/c1-3-6-15-11-19(12-16(15)18-22(2,20)21)10-14-8-5-4-7-13(14)9-17/h4-5,7-8,15-16,18H,3,6,10-12H2,1-2H3/t15-,16-/m1/s1. The molecule has 1 heterocycles. The summed E-state index contributed by atoms with van der Waals surface area (Å²) in [6.07, 6.45) is 3.25. The minimum atomic E-state index is -3.20. The smallest absolute Gasteiger partial charge is 0.209 e. The first-order valence-corrected chi connectivity index (χ1v) is 9.49. The summed E-state index contributed by atoms with van der Waals surface area (Å²) in [7, 11) is -3.20. The summed E-state index contributed by atoms with van der Waals surface area (Å²) in [5.74, 6) is 0.328. The lowest BCUT2D eigenvalue weighted by Gasteiger charge is -2.17. The van der Waals surface area contributed by atoms with Gasteiger partial charge in [0, 0.05) is 25.7 Å². The molecule has 2 rings (SSSR count). The Labute approximate surface area is 133 Å². The molecule has 0 saturated carbocycles.